The lowest BCUT2D eigenvalue weighted by Crippen LogP contribution is -2.31. The van der Waals surface area contributed by atoms with E-state index in [2.05, 4.69) is 9.97 Å². The van der Waals surface area contributed by atoms with Gasteiger partial charge in [0.25, 0.3) is 5.91 Å². The third kappa shape index (κ3) is 3.63. The van der Waals surface area contributed by atoms with Crippen molar-refractivity contribution in [2.24, 2.45) is 0 Å². The lowest BCUT2D eigenvalue weighted by Gasteiger charge is -2.19. The van der Waals surface area contributed by atoms with Crippen LogP contribution in [0, 0.1) is 11.6 Å². The smallest absolute Gasteiger partial charge is 0.296 e. The molecule has 0 atom stereocenters. The van der Waals surface area contributed by atoms with Crippen molar-refractivity contribution in [3.05, 3.63) is 100 Å². The number of aromatic nitrogens is 2. The predicted molar refractivity (Wildman–Crippen MR) is 117 cm³/mol. The van der Waals surface area contributed by atoms with E-state index in [-0.39, 0.29) is 38.7 Å². The minimum atomic E-state index is -0.829. The van der Waals surface area contributed by atoms with Crippen molar-refractivity contribution in [2.75, 3.05) is 4.90 Å². The molecule has 0 aliphatic rings. The lowest BCUT2D eigenvalue weighted by atomic mass is 10.2. The molecule has 2 aromatic carbocycles. The zero-order valence-corrected chi connectivity index (χ0v) is 17.1. The van der Waals surface area contributed by atoms with E-state index in [0.717, 1.165) is 29.5 Å². The molecular weight excluding hydrogens is 436 g/mol. The van der Waals surface area contributed by atoms with Crippen LogP contribution in [0.1, 0.15) is 16.2 Å². The average molecular weight is 449 g/mol. The van der Waals surface area contributed by atoms with Crippen LogP contribution in [0.25, 0.3) is 21.2 Å². The van der Waals surface area contributed by atoms with E-state index in [0.29, 0.717) is 11.1 Å². The Morgan fingerprint density at radius 3 is 2.69 bits per heavy atom. The number of fused-ring (bicyclic) bond motifs is 2. The second-order valence-electron chi connectivity index (χ2n) is 6.91. The van der Waals surface area contributed by atoms with Gasteiger partial charge in [-0.3, -0.25) is 19.5 Å². The summed E-state index contributed by atoms with van der Waals surface area (Å²) in [5.74, 6) is -2.42. The quantitative estimate of drug-likeness (QED) is 0.389. The van der Waals surface area contributed by atoms with Gasteiger partial charge in [0.1, 0.15) is 16.9 Å². The summed E-state index contributed by atoms with van der Waals surface area (Å²) in [5, 5.41) is 0.467. The number of anilines is 1. The topological polar surface area (TPSA) is 76.3 Å². The summed E-state index contributed by atoms with van der Waals surface area (Å²) in [6.45, 7) is -0.0138. The van der Waals surface area contributed by atoms with Gasteiger partial charge in [0.05, 0.1) is 22.3 Å². The molecule has 32 heavy (non-hydrogen) atoms. The van der Waals surface area contributed by atoms with Gasteiger partial charge < -0.3 is 4.42 Å². The number of thiazole rings is 1. The van der Waals surface area contributed by atoms with E-state index < -0.39 is 17.5 Å². The summed E-state index contributed by atoms with van der Waals surface area (Å²) in [4.78, 5) is 35.6. The van der Waals surface area contributed by atoms with Crippen molar-refractivity contribution in [3.8, 4) is 0 Å². The van der Waals surface area contributed by atoms with Crippen LogP contribution in [0.5, 0.6) is 0 Å². The van der Waals surface area contributed by atoms with Gasteiger partial charge in [-0.15, -0.1) is 0 Å². The van der Waals surface area contributed by atoms with E-state index in [9.17, 15) is 18.4 Å². The standard InChI is InChI=1S/C23H13F2N3O3S/c24-13-9-16(25)21-20(10-13)32-23(27-21)28(12-14-5-3-4-8-26-14)22(30)19-11-17(29)15-6-1-2-7-18(15)31-19/h1-11H,12H2. The molecule has 9 heteroatoms. The van der Waals surface area contributed by atoms with Crippen molar-refractivity contribution in [1.82, 2.24) is 9.97 Å². The van der Waals surface area contributed by atoms with Crippen LogP contribution in [0.2, 0.25) is 0 Å². The minimum absolute atomic E-state index is 0.0138. The van der Waals surface area contributed by atoms with Crippen molar-refractivity contribution in [3.63, 3.8) is 0 Å². The third-order valence-corrected chi connectivity index (χ3v) is 5.79. The number of amides is 1. The lowest BCUT2D eigenvalue weighted by molar-refractivity contribution is 0.0958. The fraction of sp³-hybridized carbons (Fsp3) is 0.0435. The molecule has 1 amide bonds. The molecule has 0 bridgehead atoms. The molecule has 0 spiro atoms. The molecule has 0 saturated carbocycles. The Kier molecular flexibility index (Phi) is 4.95. The number of halogens is 2. The summed E-state index contributed by atoms with van der Waals surface area (Å²) in [7, 11) is 0. The number of hydrogen-bond acceptors (Lipinski definition) is 6. The molecule has 6 nitrogen and oxygen atoms in total. The highest BCUT2D eigenvalue weighted by Crippen LogP contribution is 2.32. The molecule has 5 rings (SSSR count). The number of nitrogens with zero attached hydrogens (tertiary/aromatic N) is 3. The van der Waals surface area contributed by atoms with Crippen molar-refractivity contribution < 1.29 is 18.0 Å². The maximum atomic E-state index is 14.2. The second-order valence-corrected chi connectivity index (χ2v) is 7.92. The molecular formula is C23H13F2N3O3S. The Morgan fingerprint density at radius 2 is 1.88 bits per heavy atom. The van der Waals surface area contributed by atoms with E-state index in [1.54, 1.807) is 48.7 Å². The molecule has 3 aromatic heterocycles. The summed E-state index contributed by atoms with van der Waals surface area (Å²) < 4.78 is 33.8. The van der Waals surface area contributed by atoms with Crippen LogP contribution >= 0.6 is 11.3 Å². The number of carbonyl (C=O) groups is 1. The van der Waals surface area contributed by atoms with Crippen LogP contribution in [-0.2, 0) is 6.54 Å². The third-order valence-electron chi connectivity index (χ3n) is 4.77. The number of pyridine rings is 1. The minimum Gasteiger partial charge on any atom is -0.451 e. The molecule has 158 valence electrons. The maximum absolute atomic E-state index is 14.2. The van der Waals surface area contributed by atoms with Crippen LogP contribution in [0.4, 0.5) is 13.9 Å². The molecule has 5 aromatic rings. The Labute approximate surface area is 183 Å². The fourth-order valence-corrected chi connectivity index (χ4v) is 4.29. The van der Waals surface area contributed by atoms with Gasteiger partial charge in [-0.05, 0) is 30.3 Å². The van der Waals surface area contributed by atoms with Crippen molar-refractivity contribution in [1.29, 1.82) is 0 Å². The Balaban J connectivity index is 1.64. The Bertz CT molecular complexity index is 1530. The predicted octanol–water partition coefficient (Wildman–Crippen LogP) is 4.92. The number of rotatable bonds is 4. The molecule has 0 saturated heterocycles. The summed E-state index contributed by atoms with van der Waals surface area (Å²) >= 11 is 0.950. The normalized spacial score (nSPS) is 11.2. The number of para-hydroxylation sites is 1. The molecule has 0 aliphatic carbocycles. The number of benzene rings is 2. The SMILES string of the molecule is O=C(c1cc(=O)c2ccccc2o1)N(Cc1ccccn1)c1nc2c(F)cc(F)cc2s1. The van der Waals surface area contributed by atoms with Gasteiger partial charge in [-0.1, -0.05) is 29.5 Å². The first-order valence-corrected chi connectivity index (χ1v) is 10.3. The molecule has 0 fully saturated rings. The first-order chi connectivity index (χ1) is 15.5. The summed E-state index contributed by atoms with van der Waals surface area (Å²) in [5.41, 5.74) is 0.379. The first-order valence-electron chi connectivity index (χ1n) is 9.50. The van der Waals surface area contributed by atoms with Crippen molar-refractivity contribution >= 4 is 43.6 Å². The number of carbonyl (C=O) groups excluding carboxylic acids is 1. The van der Waals surface area contributed by atoms with Crippen LogP contribution in [0.15, 0.2) is 76.1 Å². The van der Waals surface area contributed by atoms with Gasteiger partial charge >= 0.3 is 0 Å². The molecule has 0 radical (unpaired) electrons. The van der Waals surface area contributed by atoms with Crippen LogP contribution in [-0.4, -0.2) is 15.9 Å². The van der Waals surface area contributed by atoms with Crippen LogP contribution in [0.3, 0.4) is 0 Å². The highest BCUT2D eigenvalue weighted by molar-refractivity contribution is 7.22. The van der Waals surface area contributed by atoms with E-state index >= 15 is 0 Å². The van der Waals surface area contributed by atoms with Crippen molar-refractivity contribution in [2.45, 2.75) is 6.54 Å². The van der Waals surface area contributed by atoms with Gasteiger partial charge in [0.15, 0.2) is 22.1 Å². The highest BCUT2D eigenvalue weighted by atomic mass is 32.1. The summed E-state index contributed by atoms with van der Waals surface area (Å²) in [6.07, 6.45) is 1.57. The van der Waals surface area contributed by atoms with Gasteiger partial charge in [-0.2, -0.15) is 0 Å². The first kappa shape index (κ1) is 20.0. The van der Waals surface area contributed by atoms with E-state index in [1.807, 2.05) is 0 Å². The zero-order valence-electron chi connectivity index (χ0n) is 16.3. The molecule has 0 aliphatic heterocycles. The maximum Gasteiger partial charge on any atom is 0.296 e. The zero-order chi connectivity index (χ0) is 22.2. The average Bonchev–Trinajstić information content (AvgIpc) is 3.22. The van der Waals surface area contributed by atoms with Crippen LogP contribution < -0.4 is 10.3 Å². The number of hydrogen-bond donors (Lipinski definition) is 0. The van der Waals surface area contributed by atoms with Gasteiger partial charge in [-0.25, -0.2) is 13.8 Å². The second kappa shape index (κ2) is 7.93. The monoisotopic (exact) mass is 449 g/mol. The Hall–Kier alpha value is -3.98. The fourth-order valence-electron chi connectivity index (χ4n) is 3.28. The van der Waals surface area contributed by atoms with Gasteiger partial charge in [0, 0.05) is 18.3 Å². The molecule has 0 unspecified atom stereocenters. The van der Waals surface area contributed by atoms with E-state index in [4.69, 9.17) is 4.42 Å². The Morgan fingerprint density at radius 1 is 1.06 bits per heavy atom. The highest BCUT2D eigenvalue weighted by Gasteiger charge is 2.26. The molecule has 3 heterocycles. The van der Waals surface area contributed by atoms with E-state index in [1.165, 1.54) is 4.90 Å². The molecule has 0 N–H and O–H groups in total. The van der Waals surface area contributed by atoms with Gasteiger partial charge in [0.2, 0.25) is 0 Å². The largest absolute Gasteiger partial charge is 0.451 e. The summed E-state index contributed by atoms with van der Waals surface area (Å²) in [6, 6.07) is 14.8.